The van der Waals surface area contributed by atoms with Crippen LogP contribution >= 0.6 is 0 Å². The standard InChI is InChI=1S/C22H27F3N4O2/c1-4-28-7-5-6-15(11-28)26-19(30)12-29-20(31)10-17(22(27-29)13(2)3)16-8-14(23)9-18(24)21(16)25/h8-10,13,15H,4-7,11-12H2,1-3H3,(H,26,30). The van der Waals surface area contributed by atoms with Crippen LogP contribution in [0.4, 0.5) is 13.2 Å². The summed E-state index contributed by atoms with van der Waals surface area (Å²) < 4.78 is 42.7. The second-order valence-electron chi connectivity index (χ2n) is 8.14. The number of likely N-dealkylation sites (N-methyl/N-ethyl adjacent to an activating group) is 1. The van der Waals surface area contributed by atoms with Gasteiger partial charge in [-0.2, -0.15) is 5.10 Å². The Bertz CT molecular complexity index is 1020. The first-order valence-electron chi connectivity index (χ1n) is 10.5. The number of nitrogens with zero attached hydrogens (tertiary/aromatic N) is 3. The van der Waals surface area contributed by atoms with Gasteiger partial charge in [0.15, 0.2) is 11.6 Å². The summed E-state index contributed by atoms with van der Waals surface area (Å²) in [5, 5.41) is 7.17. The van der Waals surface area contributed by atoms with E-state index >= 15 is 0 Å². The van der Waals surface area contributed by atoms with Crippen molar-refractivity contribution in [3.05, 3.63) is 51.7 Å². The van der Waals surface area contributed by atoms with Crippen molar-refractivity contribution in [3.8, 4) is 11.1 Å². The molecule has 168 valence electrons. The summed E-state index contributed by atoms with van der Waals surface area (Å²) in [5.41, 5.74) is -0.744. The Balaban J connectivity index is 1.87. The van der Waals surface area contributed by atoms with E-state index in [0.29, 0.717) is 6.07 Å². The van der Waals surface area contributed by atoms with Crippen molar-refractivity contribution in [2.45, 2.75) is 52.1 Å². The van der Waals surface area contributed by atoms with Crippen LogP contribution < -0.4 is 10.9 Å². The molecule has 0 spiro atoms. The van der Waals surface area contributed by atoms with Crippen LogP contribution in [0.25, 0.3) is 11.1 Å². The van der Waals surface area contributed by atoms with Crippen molar-refractivity contribution >= 4 is 5.91 Å². The largest absolute Gasteiger partial charge is 0.350 e. The number of likely N-dealkylation sites (tertiary alicyclic amines) is 1. The molecule has 0 bridgehead atoms. The third kappa shape index (κ3) is 5.33. The number of rotatable bonds is 6. The molecule has 0 aliphatic carbocycles. The lowest BCUT2D eigenvalue weighted by Crippen LogP contribution is -2.48. The van der Waals surface area contributed by atoms with Gasteiger partial charge in [0.05, 0.1) is 5.69 Å². The second-order valence-corrected chi connectivity index (χ2v) is 8.14. The molecule has 2 heterocycles. The number of carbonyl (C=O) groups excluding carboxylic acids is 1. The molecule has 6 nitrogen and oxygen atoms in total. The highest BCUT2D eigenvalue weighted by Crippen LogP contribution is 2.30. The van der Waals surface area contributed by atoms with E-state index in [1.807, 2.05) is 0 Å². The molecule has 3 rings (SSSR count). The van der Waals surface area contributed by atoms with Crippen LogP contribution in [0.5, 0.6) is 0 Å². The Hall–Kier alpha value is -2.68. The van der Waals surface area contributed by atoms with Crippen molar-refractivity contribution < 1.29 is 18.0 Å². The monoisotopic (exact) mass is 436 g/mol. The maximum Gasteiger partial charge on any atom is 0.267 e. The molecule has 2 aromatic rings. The molecule has 1 amide bonds. The van der Waals surface area contributed by atoms with Gasteiger partial charge >= 0.3 is 0 Å². The van der Waals surface area contributed by atoms with Crippen LogP contribution in [0.15, 0.2) is 23.0 Å². The average molecular weight is 436 g/mol. The zero-order chi connectivity index (χ0) is 22.7. The molecule has 0 saturated carbocycles. The van der Waals surface area contributed by atoms with E-state index in [0.717, 1.165) is 49.3 Å². The van der Waals surface area contributed by atoms with Gasteiger partial charge in [0.1, 0.15) is 12.4 Å². The van der Waals surface area contributed by atoms with Gasteiger partial charge in [0, 0.05) is 35.8 Å². The van der Waals surface area contributed by atoms with Gasteiger partial charge in [-0.1, -0.05) is 20.8 Å². The molecule has 1 unspecified atom stereocenters. The lowest BCUT2D eigenvalue weighted by Gasteiger charge is -2.32. The van der Waals surface area contributed by atoms with Gasteiger partial charge in [0.2, 0.25) is 5.91 Å². The van der Waals surface area contributed by atoms with E-state index in [1.54, 1.807) is 13.8 Å². The Morgan fingerprint density at radius 2 is 1.97 bits per heavy atom. The number of halogens is 3. The summed E-state index contributed by atoms with van der Waals surface area (Å²) in [6, 6.07) is 2.36. The lowest BCUT2D eigenvalue weighted by molar-refractivity contribution is -0.123. The predicted molar refractivity (Wildman–Crippen MR) is 111 cm³/mol. The SMILES string of the molecule is CCN1CCCC(NC(=O)Cn2nc(C(C)C)c(-c3cc(F)cc(F)c3F)cc2=O)C1. The van der Waals surface area contributed by atoms with Crippen molar-refractivity contribution in [1.82, 2.24) is 20.0 Å². The lowest BCUT2D eigenvalue weighted by atomic mass is 9.97. The highest BCUT2D eigenvalue weighted by atomic mass is 19.2. The van der Waals surface area contributed by atoms with Gasteiger partial charge < -0.3 is 10.2 Å². The molecule has 1 atom stereocenters. The normalized spacial score (nSPS) is 17.2. The molecule has 1 aliphatic rings. The predicted octanol–water partition coefficient (Wildman–Crippen LogP) is 3.05. The van der Waals surface area contributed by atoms with Crippen LogP contribution in [-0.4, -0.2) is 46.3 Å². The maximum atomic E-state index is 14.3. The molecular weight excluding hydrogens is 409 g/mol. The second kappa shape index (κ2) is 9.64. The molecule has 9 heteroatoms. The Morgan fingerprint density at radius 1 is 1.23 bits per heavy atom. The van der Waals surface area contributed by atoms with Gasteiger partial charge in [-0.3, -0.25) is 9.59 Å². The quantitative estimate of drug-likeness (QED) is 0.707. The fraction of sp³-hybridized carbons (Fsp3) is 0.500. The summed E-state index contributed by atoms with van der Waals surface area (Å²) in [6.07, 6.45) is 1.85. The van der Waals surface area contributed by atoms with E-state index in [4.69, 9.17) is 0 Å². The average Bonchev–Trinajstić information content (AvgIpc) is 2.71. The minimum atomic E-state index is -1.35. The van der Waals surface area contributed by atoms with Gasteiger partial charge in [-0.25, -0.2) is 17.9 Å². The first-order valence-corrected chi connectivity index (χ1v) is 10.5. The van der Waals surface area contributed by atoms with Crippen molar-refractivity contribution in [3.63, 3.8) is 0 Å². The van der Waals surface area contributed by atoms with Crippen LogP contribution in [0, 0.1) is 17.5 Å². The zero-order valence-corrected chi connectivity index (χ0v) is 17.9. The van der Waals surface area contributed by atoms with Crippen LogP contribution in [0.1, 0.15) is 45.2 Å². The third-order valence-electron chi connectivity index (χ3n) is 5.47. The summed E-state index contributed by atoms with van der Waals surface area (Å²) in [7, 11) is 0. The summed E-state index contributed by atoms with van der Waals surface area (Å²) in [4.78, 5) is 27.4. The highest BCUT2D eigenvalue weighted by molar-refractivity contribution is 5.76. The first-order chi connectivity index (χ1) is 14.7. The van der Waals surface area contributed by atoms with Crippen LogP contribution in [0.2, 0.25) is 0 Å². The molecule has 1 aromatic carbocycles. The van der Waals surface area contributed by atoms with E-state index < -0.39 is 23.0 Å². The molecule has 1 aliphatic heterocycles. The zero-order valence-electron chi connectivity index (χ0n) is 17.9. The molecule has 0 radical (unpaired) electrons. The van der Waals surface area contributed by atoms with E-state index in [9.17, 15) is 22.8 Å². The first kappa shape index (κ1) is 23.0. The molecule has 1 aromatic heterocycles. The number of nitrogens with one attached hydrogen (secondary N) is 1. The molecule has 1 saturated heterocycles. The number of carbonyl (C=O) groups is 1. The number of piperidine rings is 1. The molecule has 31 heavy (non-hydrogen) atoms. The van der Waals surface area contributed by atoms with E-state index in [1.165, 1.54) is 0 Å². The number of benzene rings is 1. The minimum Gasteiger partial charge on any atom is -0.350 e. The number of aromatic nitrogens is 2. The molecule has 1 N–H and O–H groups in total. The molecule has 1 fully saturated rings. The topological polar surface area (TPSA) is 67.2 Å². The minimum absolute atomic E-state index is 0.00473. The number of amides is 1. The van der Waals surface area contributed by atoms with Crippen LogP contribution in [0.3, 0.4) is 0 Å². The van der Waals surface area contributed by atoms with E-state index in [-0.39, 0.29) is 41.2 Å². The highest BCUT2D eigenvalue weighted by Gasteiger charge is 2.23. The summed E-state index contributed by atoms with van der Waals surface area (Å²) >= 11 is 0. The fourth-order valence-corrected chi connectivity index (χ4v) is 3.88. The maximum absolute atomic E-state index is 14.3. The van der Waals surface area contributed by atoms with E-state index in [2.05, 4.69) is 22.2 Å². The Morgan fingerprint density at radius 3 is 2.65 bits per heavy atom. The Labute approximate surface area is 179 Å². The Kier molecular flexibility index (Phi) is 7.15. The van der Waals surface area contributed by atoms with Gasteiger partial charge in [0.25, 0.3) is 5.56 Å². The summed E-state index contributed by atoms with van der Waals surface area (Å²) in [5.74, 6) is -4.18. The van der Waals surface area contributed by atoms with Crippen molar-refractivity contribution in [1.29, 1.82) is 0 Å². The fourth-order valence-electron chi connectivity index (χ4n) is 3.88. The van der Waals surface area contributed by atoms with Crippen molar-refractivity contribution in [2.75, 3.05) is 19.6 Å². The number of hydrogen-bond acceptors (Lipinski definition) is 4. The van der Waals surface area contributed by atoms with Gasteiger partial charge in [-0.05, 0) is 37.9 Å². The van der Waals surface area contributed by atoms with Gasteiger partial charge in [-0.15, -0.1) is 0 Å². The number of hydrogen-bond donors (Lipinski definition) is 1. The third-order valence-corrected chi connectivity index (χ3v) is 5.47. The van der Waals surface area contributed by atoms with Crippen molar-refractivity contribution in [2.24, 2.45) is 0 Å². The molecular formula is C22H27F3N4O2. The van der Waals surface area contributed by atoms with Crippen LogP contribution in [-0.2, 0) is 11.3 Å². The summed E-state index contributed by atoms with van der Waals surface area (Å²) in [6.45, 7) is 7.96. The smallest absolute Gasteiger partial charge is 0.267 e.